The Morgan fingerprint density at radius 1 is 1.04 bits per heavy atom. The van der Waals surface area contributed by atoms with Gasteiger partial charge in [0.05, 0.1) is 0 Å². The highest BCUT2D eigenvalue weighted by Gasteiger charge is 2.24. The minimum absolute atomic E-state index is 0.291. The zero-order valence-corrected chi connectivity index (χ0v) is 13.8. The van der Waals surface area contributed by atoms with E-state index in [1.165, 1.54) is 0 Å². The number of amides is 1. The van der Waals surface area contributed by atoms with Gasteiger partial charge in [-0.1, -0.05) is 50.2 Å². The Labute approximate surface area is 141 Å². The van der Waals surface area contributed by atoms with Gasteiger partial charge in [0.25, 0.3) is 11.7 Å². The number of Topliss-reactive ketones (excluding diaryl/α,β-unsaturated/α-hetero) is 1. The molecule has 0 spiro atoms. The van der Waals surface area contributed by atoms with Crippen LogP contribution in [-0.4, -0.2) is 22.6 Å². The Morgan fingerprint density at radius 2 is 1.75 bits per heavy atom. The largest absolute Gasteiger partial charge is 0.349 e. The van der Waals surface area contributed by atoms with Crippen molar-refractivity contribution in [3.05, 3.63) is 66.5 Å². The maximum Gasteiger partial charge on any atom is 0.294 e. The van der Waals surface area contributed by atoms with Crippen molar-refractivity contribution in [1.29, 1.82) is 0 Å². The van der Waals surface area contributed by atoms with Crippen LogP contribution in [0.25, 0.3) is 16.6 Å². The van der Waals surface area contributed by atoms with Gasteiger partial charge >= 0.3 is 0 Å². The molecule has 2 aromatic heterocycles. The number of fused-ring (bicyclic) bond motifs is 1. The summed E-state index contributed by atoms with van der Waals surface area (Å²) in [5.74, 6) is -0.787. The molecule has 0 atom stereocenters. The molecule has 2 heterocycles. The van der Waals surface area contributed by atoms with Crippen molar-refractivity contribution < 1.29 is 9.59 Å². The molecule has 0 aliphatic heterocycles. The zero-order chi connectivity index (χ0) is 17.1. The van der Waals surface area contributed by atoms with E-state index < -0.39 is 11.7 Å². The smallest absolute Gasteiger partial charge is 0.294 e. The van der Waals surface area contributed by atoms with Gasteiger partial charge in [0.15, 0.2) is 0 Å². The van der Waals surface area contributed by atoms with Crippen molar-refractivity contribution in [3.8, 4) is 11.1 Å². The monoisotopic (exact) mass is 320 g/mol. The minimum atomic E-state index is -0.565. The maximum atomic E-state index is 12.8. The lowest BCUT2D eigenvalue weighted by Gasteiger charge is -2.09. The maximum absolute atomic E-state index is 12.8. The Kier molecular flexibility index (Phi) is 4.47. The van der Waals surface area contributed by atoms with E-state index in [1.807, 2.05) is 74.6 Å². The van der Waals surface area contributed by atoms with E-state index >= 15 is 0 Å². The Hall–Kier alpha value is -2.88. The standard InChI is InChI=1S/C20H20N2O2/c1-14(2)13-21-20(24)19(23)18-17(15-8-4-3-5-9-15)12-16-10-6-7-11-22(16)18/h3-12,14H,13H2,1-2H3,(H,21,24). The lowest BCUT2D eigenvalue weighted by molar-refractivity contribution is -0.117. The number of ketones is 1. The average molecular weight is 320 g/mol. The summed E-state index contributed by atoms with van der Waals surface area (Å²) in [5, 5.41) is 2.71. The molecule has 4 heteroatoms. The van der Waals surface area contributed by atoms with Gasteiger partial charge in [-0.2, -0.15) is 0 Å². The Balaban J connectivity index is 2.08. The zero-order valence-electron chi connectivity index (χ0n) is 13.8. The van der Waals surface area contributed by atoms with E-state index in [0.29, 0.717) is 18.2 Å². The van der Waals surface area contributed by atoms with Crippen molar-refractivity contribution in [1.82, 2.24) is 9.72 Å². The minimum Gasteiger partial charge on any atom is -0.349 e. The van der Waals surface area contributed by atoms with Gasteiger partial charge < -0.3 is 9.72 Å². The average Bonchev–Trinajstić information content (AvgIpc) is 2.99. The van der Waals surface area contributed by atoms with Gasteiger partial charge in [0, 0.05) is 23.8 Å². The fourth-order valence-electron chi connectivity index (χ4n) is 2.68. The predicted octanol–water partition coefficient (Wildman–Crippen LogP) is 3.56. The van der Waals surface area contributed by atoms with Crippen LogP contribution in [-0.2, 0) is 4.79 Å². The van der Waals surface area contributed by atoms with Gasteiger partial charge in [-0.3, -0.25) is 9.59 Å². The van der Waals surface area contributed by atoms with Crippen LogP contribution in [0.1, 0.15) is 24.3 Å². The normalized spacial score (nSPS) is 11.0. The number of nitrogens with zero attached hydrogens (tertiary/aromatic N) is 1. The predicted molar refractivity (Wildman–Crippen MR) is 95.0 cm³/mol. The molecule has 0 aliphatic rings. The second-order valence-corrected chi connectivity index (χ2v) is 6.20. The molecule has 1 aromatic carbocycles. The van der Waals surface area contributed by atoms with Crippen LogP contribution in [0.5, 0.6) is 0 Å². The Morgan fingerprint density at radius 3 is 2.46 bits per heavy atom. The SMILES string of the molecule is CC(C)CNC(=O)C(=O)c1c(-c2ccccc2)cc2ccccn12. The number of carbonyl (C=O) groups excluding carboxylic acids is 2. The first kappa shape index (κ1) is 16.0. The van der Waals surface area contributed by atoms with E-state index in [2.05, 4.69) is 5.32 Å². The molecular formula is C20H20N2O2. The molecule has 0 radical (unpaired) electrons. The van der Waals surface area contributed by atoms with Crippen LogP contribution in [0.2, 0.25) is 0 Å². The fourth-order valence-corrected chi connectivity index (χ4v) is 2.68. The number of aromatic nitrogens is 1. The number of hydrogen-bond acceptors (Lipinski definition) is 2. The van der Waals surface area contributed by atoms with Gasteiger partial charge in [0.2, 0.25) is 0 Å². The van der Waals surface area contributed by atoms with E-state index in [4.69, 9.17) is 0 Å². The summed E-state index contributed by atoms with van der Waals surface area (Å²) in [7, 11) is 0. The molecule has 0 fully saturated rings. The van der Waals surface area contributed by atoms with E-state index in [0.717, 1.165) is 16.6 Å². The molecule has 3 rings (SSSR count). The third-order valence-corrected chi connectivity index (χ3v) is 3.86. The number of hydrogen-bond donors (Lipinski definition) is 1. The van der Waals surface area contributed by atoms with E-state index in [9.17, 15) is 9.59 Å². The fraction of sp³-hybridized carbons (Fsp3) is 0.200. The van der Waals surface area contributed by atoms with Crippen LogP contribution in [0.3, 0.4) is 0 Å². The van der Waals surface area contributed by atoms with Gasteiger partial charge in [0.1, 0.15) is 5.69 Å². The summed E-state index contributed by atoms with van der Waals surface area (Å²) in [6.45, 7) is 4.47. The van der Waals surface area contributed by atoms with Crippen molar-refractivity contribution in [2.45, 2.75) is 13.8 Å². The van der Waals surface area contributed by atoms with Crippen molar-refractivity contribution in [2.24, 2.45) is 5.92 Å². The Bertz CT molecular complexity index is 879. The summed E-state index contributed by atoms with van der Waals surface area (Å²) in [5.41, 5.74) is 2.97. The van der Waals surface area contributed by atoms with Crippen LogP contribution in [0.15, 0.2) is 60.8 Å². The van der Waals surface area contributed by atoms with Crippen molar-refractivity contribution in [3.63, 3.8) is 0 Å². The number of rotatable bonds is 5. The van der Waals surface area contributed by atoms with Gasteiger partial charge in [-0.25, -0.2) is 0 Å². The number of nitrogens with one attached hydrogen (secondary N) is 1. The molecule has 122 valence electrons. The first-order chi connectivity index (χ1) is 11.6. The quantitative estimate of drug-likeness (QED) is 0.577. The van der Waals surface area contributed by atoms with Crippen LogP contribution in [0.4, 0.5) is 0 Å². The first-order valence-electron chi connectivity index (χ1n) is 8.06. The highest BCUT2D eigenvalue weighted by molar-refractivity contribution is 6.43. The van der Waals surface area contributed by atoms with Gasteiger partial charge in [-0.15, -0.1) is 0 Å². The number of benzene rings is 1. The first-order valence-corrected chi connectivity index (χ1v) is 8.06. The molecule has 1 amide bonds. The highest BCUT2D eigenvalue weighted by atomic mass is 16.2. The second kappa shape index (κ2) is 6.71. The highest BCUT2D eigenvalue weighted by Crippen LogP contribution is 2.28. The summed E-state index contributed by atoms with van der Waals surface area (Å²) in [6, 6.07) is 17.3. The van der Waals surface area contributed by atoms with E-state index in [1.54, 1.807) is 4.40 Å². The lowest BCUT2D eigenvalue weighted by Crippen LogP contribution is -2.34. The molecule has 0 saturated heterocycles. The molecule has 4 nitrogen and oxygen atoms in total. The summed E-state index contributed by atoms with van der Waals surface area (Å²) in [6.07, 6.45) is 1.81. The number of carbonyl (C=O) groups is 2. The summed E-state index contributed by atoms with van der Waals surface area (Å²) in [4.78, 5) is 25.1. The molecule has 0 saturated carbocycles. The van der Waals surface area contributed by atoms with Gasteiger partial charge in [-0.05, 0) is 29.7 Å². The molecule has 1 N–H and O–H groups in total. The molecule has 3 aromatic rings. The molecular weight excluding hydrogens is 300 g/mol. The lowest BCUT2D eigenvalue weighted by atomic mass is 10.0. The summed E-state index contributed by atoms with van der Waals surface area (Å²) < 4.78 is 1.78. The third kappa shape index (κ3) is 3.08. The van der Waals surface area contributed by atoms with Crippen molar-refractivity contribution in [2.75, 3.05) is 6.54 Å². The third-order valence-electron chi connectivity index (χ3n) is 3.86. The van der Waals surface area contributed by atoms with Crippen molar-refractivity contribution >= 4 is 17.2 Å². The molecule has 0 bridgehead atoms. The summed E-state index contributed by atoms with van der Waals surface area (Å²) >= 11 is 0. The molecule has 0 unspecified atom stereocenters. The van der Waals surface area contributed by atoms with Crippen LogP contribution < -0.4 is 5.32 Å². The topological polar surface area (TPSA) is 50.6 Å². The molecule has 24 heavy (non-hydrogen) atoms. The second-order valence-electron chi connectivity index (χ2n) is 6.20. The molecule has 0 aliphatic carbocycles. The van der Waals surface area contributed by atoms with Crippen LogP contribution >= 0.6 is 0 Å². The number of pyridine rings is 1. The van der Waals surface area contributed by atoms with E-state index in [-0.39, 0.29) is 0 Å². The van der Waals surface area contributed by atoms with Crippen LogP contribution in [0, 0.1) is 5.92 Å².